The summed E-state index contributed by atoms with van der Waals surface area (Å²) in [5.74, 6) is -0.0547. The molecule has 2 rings (SSSR count). The quantitative estimate of drug-likeness (QED) is 0.661. The van der Waals surface area contributed by atoms with E-state index in [-0.39, 0.29) is 5.91 Å². The molecular formula is C10H12N3O+. The minimum Gasteiger partial charge on any atom is -0.323 e. The zero-order chi connectivity index (χ0) is 10.1. The summed E-state index contributed by atoms with van der Waals surface area (Å²) in [4.78, 5) is 10.8. The number of anilines is 1. The topological polar surface area (TPSA) is 37.4 Å². The minimum atomic E-state index is -0.0547. The first-order valence-corrected chi connectivity index (χ1v) is 4.41. The number of nitrogens with one attached hydrogen (secondary N) is 1. The lowest BCUT2D eigenvalue weighted by molar-refractivity contribution is -0.644. The van der Waals surface area contributed by atoms with Crippen LogP contribution in [0, 0.1) is 0 Å². The van der Waals surface area contributed by atoms with Gasteiger partial charge in [-0.25, -0.2) is 8.97 Å². The second kappa shape index (κ2) is 3.14. The van der Waals surface area contributed by atoms with E-state index in [0.717, 1.165) is 11.3 Å². The van der Waals surface area contributed by atoms with Crippen molar-refractivity contribution in [3.63, 3.8) is 0 Å². The fourth-order valence-corrected chi connectivity index (χ4v) is 1.45. The first-order valence-electron chi connectivity index (χ1n) is 4.41. The number of fused-ring (bicyclic) bond motifs is 1. The van der Waals surface area contributed by atoms with Gasteiger partial charge in [-0.15, -0.1) is 0 Å². The number of aryl methyl sites for hydroxylation is 1. The molecule has 0 unspecified atom stereocenters. The number of aromatic nitrogens is 2. The van der Waals surface area contributed by atoms with Gasteiger partial charge >= 0.3 is 0 Å². The van der Waals surface area contributed by atoms with E-state index in [9.17, 15) is 4.79 Å². The Bertz CT molecular complexity index is 487. The summed E-state index contributed by atoms with van der Waals surface area (Å²) in [5, 5.41) is 2.74. The Morgan fingerprint density at radius 3 is 3.00 bits per heavy atom. The molecule has 0 spiro atoms. The predicted octanol–water partition coefficient (Wildman–Crippen LogP) is 0.722. The molecule has 4 nitrogen and oxygen atoms in total. The van der Waals surface area contributed by atoms with E-state index in [0.29, 0.717) is 0 Å². The van der Waals surface area contributed by atoms with E-state index in [2.05, 4.69) is 5.32 Å². The maximum absolute atomic E-state index is 10.8. The van der Waals surface area contributed by atoms with Gasteiger partial charge in [0.15, 0.2) is 0 Å². The molecule has 0 aliphatic carbocycles. The second-order valence-corrected chi connectivity index (χ2v) is 3.27. The van der Waals surface area contributed by atoms with Gasteiger partial charge in [0.25, 0.3) is 5.65 Å². The number of carbonyl (C=O) groups is 1. The highest BCUT2D eigenvalue weighted by Crippen LogP contribution is 2.08. The van der Waals surface area contributed by atoms with E-state index in [1.807, 2.05) is 46.7 Å². The summed E-state index contributed by atoms with van der Waals surface area (Å²) >= 11 is 0. The summed E-state index contributed by atoms with van der Waals surface area (Å²) in [6.07, 6.45) is 5.80. The third kappa shape index (κ3) is 1.46. The zero-order valence-corrected chi connectivity index (χ0v) is 8.19. The maximum atomic E-state index is 10.8. The number of hydrogen-bond acceptors (Lipinski definition) is 1. The van der Waals surface area contributed by atoms with Crippen LogP contribution in [-0.4, -0.2) is 10.3 Å². The van der Waals surface area contributed by atoms with Crippen molar-refractivity contribution in [2.24, 2.45) is 7.05 Å². The molecule has 2 heterocycles. The molecule has 0 saturated heterocycles. The Hall–Kier alpha value is -1.84. The Balaban J connectivity index is 2.46. The minimum absolute atomic E-state index is 0.0547. The third-order valence-corrected chi connectivity index (χ3v) is 2.09. The molecule has 2 aromatic heterocycles. The van der Waals surface area contributed by atoms with Crippen LogP contribution in [0.1, 0.15) is 6.92 Å². The van der Waals surface area contributed by atoms with Gasteiger partial charge in [0.1, 0.15) is 18.6 Å². The van der Waals surface area contributed by atoms with Crippen molar-refractivity contribution >= 4 is 17.2 Å². The number of imidazole rings is 1. The van der Waals surface area contributed by atoms with Crippen LogP contribution in [0.4, 0.5) is 5.69 Å². The molecule has 0 aliphatic heterocycles. The fraction of sp³-hybridized carbons (Fsp3) is 0.200. The largest absolute Gasteiger partial charge is 0.323 e. The van der Waals surface area contributed by atoms with Crippen molar-refractivity contribution in [1.29, 1.82) is 0 Å². The number of rotatable bonds is 1. The number of carbonyl (C=O) groups excluding carboxylic acids is 1. The second-order valence-electron chi connectivity index (χ2n) is 3.27. The van der Waals surface area contributed by atoms with E-state index in [1.54, 1.807) is 0 Å². The first kappa shape index (κ1) is 8.74. The van der Waals surface area contributed by atoms with Crippen LogP contribution >= 0.6 is 0 Å². The van der Waals surface area contributed by atoms with Gasteiger partial charge in [0, 0.05) is 13.0 Å². The average molecular weight is 190 g/mol. The lowest BCUT2D eigenvalue weighted by Gasteiger charge is -1.98. The molecule has 0 aliphatic rings. The van der Waals surface area contributed by atoms with Crippen molar-refractivity contribution in [3.05, 3.63) is 30.7 Å². The number of amides is 1. The number of hydrogen-bond donors (Lipinski definition) is 1. The van der Waals surface area contributed by atoms with Crippen LogP contribution < -0.4 is 9.88 Å². The standard InChI is InChI=1S/C10H11N3O/c1-8(14)11-9-3-4-10-12(2)5-6-13(10)7-9/h3-7H,1-2H3/p+1. The van der Waals surface area contributed by atoms with Crippen LogP contribution in [0.5, 0.6) is 0 Å². The molecule has 72 valence electrons. The summed E-state index contributed by atoms with van der Waals surface area (Å²) in [5.41, 5.74) is 1.89. The van der Waals surface area contributed by atoms with Crippen LogP contribution in [0.25, 0.3) is 5.65 Å². The maximum Gasteiger partial charge on any atom is 0.286 e. The van der Waals surface area contributed by atoms with Gasteiger partial charge in [0.2, 0.25) is 5.91 Å². The van der Waals surface area contributed by atoms with Crippen molar-refractivity contribution in [2.45, 2.75) is 6.92 Å². The highest BCUT2D eigenvalue weighted by Gasteiger charge is 2.06. The number of nitrogens with zero attached hydrogens (tertiary/aromatic N) is 2. The molecule has 1 amide bonds. The van der Waals surface area contributed by atoms with Gasteiger partial charge in [-0.1, -0.05) is 0 Å². The number of pyridine rings is 1. The first-order chi connectivity index (χ1) is 6.66. The molecule has 0 radical (unpaired) electrons. The average Bonchev–Trinajstić information content (AvgIpc) is 2.46. The molecular weight excluding hydrogens is 178 g/mol. The Kier molecular flexibility index (Phi) is 1.96. The highest BCUT2D eigenvalue weighted by atomic mass is 16.1. The molecule has 0 fully saturated rings. The summed E-state index contributed by atoms with van der Waals surface area (Å²) < 4.78 is 3.98. The summed E-state index contributed by atoms with van der Waals surface area (Å²) in [6, 6.07) is 3.85. The van der Waals surface area contributed by atoms with Gasteiger partial charge in [-0.3, -0.25) is 4.79 Å². The third-order valence-electron chi connectivity index (χ3n) is 2.09. The predicted molar refractivity (Wildman–Crippen MR) is 52.9 cm³/mol. The summed E-state index contributed by atoms with van der Waals surface area (Å²) in [6.45, 7) is 1.50. The highest BCUT2D eigenvalue weighted by molar-refractivity contribution is 5.88. The molecule has 0 aromatic carbocycles. The van der Waals surface area contributed by atoms with Crippen LogP contribution in [0.15, 0.2) is 30.7 Å². The Morgan fingerprint density at radius 2 is 2.29 bits per heavy atom. The van der Waals surface area contributed by atoms with Gasteiger partial charge < -0.3 is 5.32 Å². The lowest BCUT2D eigenvalue weighted by Crippen LogP contribution is -2.25. The molecule has 0 atom stereocenters. The molecule has 2 aromatic rings. The molecule has 1 N–H and O–H groups in total. The van der Waals surface area contributed by atoms with Crippen molar-refractivity contribution in [1.82, 2.24) is 4.40 Å². The van der Waals surface area contributed by atoms with Gasteiger partial charge in [-0.2, -0.15) is 0 Å². The van der Waals surface area contributed by atoms with E-state index < -0.39 is 0 Å². The Labute approximate surface area is 81.8 Å². The molecule has 0 saturated carbocycles. The smallest absolute Gasteiger partial charge is 0.286 e. The van der Waals surface area contributed by atoms with Crippen molar-refractivity contribution < 1.29 is 9.36 Å². The Morgan fingerprint density at radius 1 is 1.50 bits per heavy atom. The van der Waals surface area contributed by atoms with E-state index in [1.165, 1.54) is 6.92 Å². The monoisotopic (exact) mass is 190 g/mol. The SMILES string of the molecule is CC(=O)Nc1ccc2n(cc[n+]2C)c1. The summed E-state index contributed by atoms with van der Waals surface area (Å²) in [7, 11) is 1.98. The molecule has 0 bridgehead atoms. The van der Waals surface area contributed by atoms with E-state index in [4.69, 9.17) is 0 Å². The van der Waals surface area contributed by atoms with Crippen LogP contribution in [0.2, 0.25) is 0 Å². The van der Waals surface area contributed by atoms with Gasteiger partial charge in [-0.05, 0) is 6.07 Å². The normalized spacial score (nSPS) is 10.4. The van der Waals surface area contributed by atoms with Crippen LogP contribution in [0.3, 0.4) is 0 Å². The van der Waals surface area contributed by atoms with Crippen molar-refractivity contribution in [2.75, 3.05) is 5.32 Å². The zero-order valence-electron chi connectivity index (χ0n) is 8.19. The molecule has 14 heavy (non-hydrogen) atoms. The van der Waals surface area contributed by atoms with Crippen molar-refractivity contribution in [3.8, 4) is 0 Å². The van der Waals surface area contributed by atoms with E-state index >= 15 is 0 Å². The molecule has 4 heteroatoms. The van der Waals surface area contributed by atoms with Gasteiger partial charge in [0.05, 0.1) is 12.7 Å². The van der Waals surface area contributed by atoms with Crippen LogP contribution in [-0.2, 0) is 11.8 Å². The lowest BCUT2D eigenvalue weighted by atomic mass is 10.4. The fourth-order valence-electron chi connectivity index (χ4n) is 1.45.